The molecule has 0 bridgehead atoms. The number of hydrogen-bond donors (Lipinski definition) is 0. The third-order valence-corrected chi connectivity index (χ3v) is 8.04. The molecule has 5 rings (SSSR count). The van der Waals surface area contributed by atoms with Crippen LogP contribution in [-0.4, -0.2) is 65.5 Å². The van der Waals surface area contributed by atoms with Gasteiger partial charge in [-0.3, -0.25) is 0 Å². The van der Waals surface area contributed by atoms with Gasteiger partial charge in [0.1, 0.15) is 17.0 Å². The van der Waals surface area contributed by atoms with Gasteiger partial charge >= 0.3 is 0 Å². The van der Waals surface area contributed by atoms with Crippen molar-refractivity contribution in [3.05, 3.63) is 36.4 Å². The molecule has 10 heteroatoms. The van der Waals surface area contributed by atoms with Gasteiger partial charge in [-0.1, -0.05) is 6.07 Å². The summed E-state index contributed by atoms with van der Waals surface area (Å²) in [6, 6.07) is 5.21. The third kappa shape index (κ3) is 2.93. The Morgan fingerprint density at radius 1 is 1.07 bits per heavy atom. The van der Waals surface area contributed by atoms with Gasteiger partial charge in [-0.2, -0.15) is 4.31 Å². The summed E-state index contributed by atoms with van der Waals surface area (Å²) in [5.41, 5.74) is 2.55. The highest BCUT2D eigenvalue weighted by atomic mass is 32.2. The molecule has 3 aromatic rings. The molecule has 4 heterocycles. The number of imidazole rings is 1. The average Bonchev–Trinajstić information content (AvgIpc) is 3.41. The van der Waals surface area contributed by atoms with Crippen LogP contribution < -0.4 is 9.64 Å². The van der Waals surface area contributed by atoms with E-state index in [-0.39, 0.29) is 16.7 Å². The fourth-order valence-corrected chi connectivity index (χ4v) is 6.30. The van der Waals surface area contributed by atoms with Crippen LogP contribution in [0.25, 0.3) is 11.2 Å². The fourth-order valence-electron chi connectivity index (χ4n) is 4.61. The molecule has 2 unspecified atom stereocenters. The molecule has 2 aliphatic heterocycles. The number of methoxy groups -OCH3 is 1. The van der Waals surface area contributed by atoms with Crippen molar-refractivity contribution in [2.24, 2.45) is 18.9 Å². The zero-order valence-corrected chi connectivity index (χ0v) is 18.0. The smallest absolute Gasteiger partial charge is 0.246 e. The van der Waals surface area contributed by atoms with Gasteiger partial charge < -0.3 is 14.2 Å². The van der Waals surface area contributed by atoms with Gasteiger partial charge in [0.05, 0.1) is 13.4 Å². The van der Waals surface area contributed by atoms with Crippen molar-refractivity contribution in [2.75, 3.05) is 38.2 Å². The Morgan fingerprint density at radius 3 is 2.50 bits per heavy atom. The van der Waals surface area contributed by atoms with E-state index in [4.69, 9.17) is 4.74 Å². The number of hydrogen-bond acceptors (Lipinski definition) is 7. The second-order valence-electron chi connectivity index (χ2n) is 8.13. The van der Waals surface area contributed by atoms with Gasteiger partial charge in [0.25, 0.3) is 0 Å². The van der Waals surface area contributed by atoms with Crippen molar-refractivity contribution < 1.29 is 13.2 Å². The summed E-state index contributed by atoms with van der Waals surface area (Å²) in [6.45, 7) is 4.42. The standard InChI is InChI=1S/C20H24N6O3S/c1-13-4-5-17(16(6-13)29-3)30(27,28)26-9-14-7-25(8-15(14)10-26)20-18-19(21-11-22-20)24(2)12-23-18/h4-6,11-12,14-15H,7-10H2,1-3H3. The quantitative estimate of drug-likeness (QED) is 0.621. The Morgan fingerprint density at radius 2 is 1.80 bits per heavy atom. The zero-order valence-electron chi connectivity index (χ0n) is 17.2. The van der Waals surface area contributed by atoms with Crippen LogP contribution in [0.5, 0.6) is 5.75 Å². The Kier molecular flexibility index (Phi) is 4.44. The summed E-state index contributed by atoms with van der Waals surface area (Å²) >= 11 is 0. The number of nitrogens with zero attached hydrogens (tertiary/aromatic N) is 6. The summed E-state index contributed by atoms with van der Waals surface area (Å²) in [4.78, 5) is 15.7. The van der Waals surface area contributed by atoms with Crippen molar-refractivity contribution in [1.82, 2.24) is 23.8 Å². The number of anilines is 1. The van der Waals surface area contributed by atoms with Gasteiger partial charge in [0, 0.05) is 33.2 Å². The van der Waals surface area contributed by atoms with Crippen molar-refractivity contribution in [3.63, 3.8) is 0 Å². The van der Waals surface area contributed by atoms with E-state index in [0.717, 1.165) is 35.6 Å². The summed E-state index contributed by atoms with van der Waals surface area (Å²) in [7, 11) is -0.191. The second-order valence-corrected chi connectivity index (χ2v) is 10.0. The Bertz CT molecular complexity index is 1210. The van der Waals surface area contributed by atoms with Crippen molar-refractivity contribution in [3.8, 4) is 5.75 Å². The van der Waals surface area contributed by atoms with Gasteiger partial charge in [-0.15, -0.1) is 0 Å². The molecule has 2 aliphatic rings. The number of ether oxygens (including phenoxy) is 1. The number of rotatable bonds is 4. The van der Waals surface area contributed by atoms with Crippen molar-refractivity contribution >= 4 is 27.0 Å². The van der Waals surface area contributed by atoms with E-state index in [1.165, 1.54) is 7.11 Å². The first-order chi connectivity index (χ1) is 14.4. The van der Waals surface area contributed by atoms with Crippen LogP contribution in [0, 0.1) is 18.8 Å². The molecule has 0 spiro atoms. The lowest BCUT2D eigenvalue weighted by molar-refractivity contribution is 0.396. The van der Waals surface area contributed by atoms with Crippen LogP contribution in [-0.2, 0) is 17.1 Å². The molecule has 2 fully saturated rings. The van der Waals surface area contributed by atoms with Crippen LogP contribution in [0.4, 0.5) is 5.82 Å². The Labute approximate surface area is 175 Å². The van der Waals surface area contributed by atoms with Crippen LogP contribution >= 0.6 is 0 Å². The van der Waals surface area contributed by atoms with Crippen LogP contribution in [0.3, 0.4) is 0 Å². The molecular weight excluding hydrogens is 404 g/mol. The lowest BCUT2D eigenvalue weighted by Crippen LogP contribution is -2.33. The molecule has 0 aliphatic carbocycles. The highest BCUT2D eigenvalue weighted by molar-refractivity contribution is 7.89. The predicted molar refractivity (Wildman–Crippen MR) is 112 cm³/mol. The maximum Gasteiger partial charge on any atom is 0.246 e. The molecule has 0 N–H and O–H groups in total. The lowest BCUT2D eigenvalue weighted by Gasteiger charge is -2.23. The molecule has 0 amide bonds. The fraction of sp³-hybridized carbons (Fsp3) is 0.450. The Balaban J connectivity index is 1.37. The molecule has 1 aromatic carbocycles. The van der Waals surface area contributed by atoms with Gasteiger partial charge in [-0.25, -0.2) is 23.4 Å². The topological polar surface area (TPSA) is 93.5 Å². The largest absolute Gasteiger partial charge is 0.495 e. The van der Waals surface area contributed by atoms with E-state index < -0.39 is 10.0 Å². The lowest BCUT2D eigenvalue weighted by atomic mass is 10.0. The van der Waals surface area contributed by atoms with Gasteiger partial charge in [-0.05, 0) is 36.5 Å². The van der Waals surface area contributed by atoms with E-state index in [1.54, 1.807) is 35.2 Å². The van der Waals surface area contributed by atoms with Crippen LogP contribution in [0.2, 0.25) is 0 Å². The van der Waals surface area contributed by atoms with Crippen molar-refractivity contribution in [1.29, 1.82) is 0 Å². The van der Waals surface area contributed by atoms with E-state index in [9.17, 15) is 8.42 Å². The molecule has 2 saturated heterocycles. The third-order valence-electron chi connectivity index (χ3n) is 6.17. The molecule has 158 valence electrons. The summed E-state index contributed by atoms with van der Waals surface area (Å²) in [5.74, 6) is 1.73. The maximum absolute atomic E-state index is 13.3. The average molecular weight is 429 g/mol. The molecule has 2 aromatic heterocycles. The zero-order chi connectivity index (χ0) is 21.0. The number of aromatic nitrogens is 4. The highest BCUT2D eigenvalue weighted by Gasteiger charge is 2.45. The number of aryl methyl sites for hydroxylation is 2. The van der Waals surface area contributed by atoms with E-state index in [2.05, 4.69) is 19.9 Å². The normalized spacial score (nSPS) is 22.0. The monoisotopic (exact) mass is 428 g/mol. The first kappa shape index (κ1) is 19.3. The van der Waals surface area contributed by atoms with E-state index in [0.29, 0.717) is 18.8 Å². The molecule has 9 nitrogen and oxygen atoms in total. The molecule has 0 saturated carbocycles. The van der Waals surface area contributed by atoms with Gasteiger partial charge in [0.2, 0.25) is 10.0 Å². The minimum absolute atomic E-state index is 0.235. The number of benzene rings is 1. The molecule has 0 radical (unpaired) electrons. The Hall–Kier alpha value is -2.72. The van der Waals surface area contributed by atoms with E-state index in [1.807, 2.05) is 18.5 Å². The summed E-state index contributed by atoms with van der Waals surface area (Å²) < 4.78 is 35.4. The van der Waals surface area contributed by atoms with Crippen LogP contribution in [0.15, 0.2) is 35.7 Å². The highest BCUT2D eigenvalue weighted by Crippen LogP contribution is 2.38. The summed E-state index contributed by atoms with van der Waals surface area (Å²) in [5, 5.41) is 0. The SMILES string of the molecule is COc1cc(C)ccc1S(=O)(=O)N1CC2CN(c3ncnc4c3ncn4C)CC2C1. The van der Waals surface area contributed by atoms with Gasteiger partial charge in [0.15, 0.2) is 17.0 Å². The molecule has 2 atom stereocenters. The summed E-state index contributed by atoms with van der Waals surface area (Å²) in [6.07, 6.45) is 3.30. The first-order valence-corrected chi connectivity index (χ1v) is 11.3. The van der Waals surface area contributed by atoms with E-state index >= 15 is 0 Å². The molecule has 30 heavy (non-hydrogen) atoms. The van der Waals surface area contributed by atoms with Crippen LogP contribution in [0.1, 0.15) is 5.56 Å². The van der Waals surface area contributed by atoms with Crippen molar-refractivity contribution in [2.45, 2.75) is 11.8 Å². The minimum atomic E-state index is -3.61. The molecular formula is C20H24N6O3S. The maximum atomic E-state index is 13.3. The predicted octanol–water partition coefficient (Wildman–Crippen LogP) is 1.44. The number of sulfonamides is 1. The first-order valence-electron chi connectivity index (χ1n) is 9.90. The minimum Gasteiger partial charge on any atom is -0.495 e. The number of fused-ring (bicyclic) bond motifs is 2. The second kappa shape index (κ2) is 6.92.